The van der Waals surface area contributed by atoms with Crippen molar-refractivity contribution in [3.05, 3.63) is 54.3 Å². The Kier molecular flexibility index (Phi) is 3.31. The molecular formula is C16H13FN2O2. The van der Waals surface area contributed by atoms with Gasteiger partial charge in [-0.25, -0.2) is 4.39 Å². The summed E-state index contributed by atoms with van der Waals surface area (Å²) in [5, 5.41) is 3.79. The summed E-state index contributed by atoms with van der Waals surface area (Å²) in [5.74, 6) is 0.407. The van der Waals surface area contributed by atoms with Crippen LogP contribution >= 0.6 is 0 Å². The zero-order chi connectivity index (χ0) is 14.8. The topological polar surface area (TPSA) is 61.3 Å². The molecule has 21 heavy (non-hydrogen) atoms. The van der Waals surface area contributed by atoms with Crippen molar-refractivity contribution in [1.29, 1.82) is 0 Å². The number of nitrogen functional groups attached to an aromatic ring is 1. The Labute approximate surface area is 120 Å². The maximum Gasteiger partial charge on any atom is 0.177 e. The van der Waals surface area contributed by atoms with Crippen molar-refractivity contribution in [3.63, 3.8) is 0 Å². The fourth-order valence-electron chi connectivity index (χ4n) is 2.19. The fraction of sp³-hybridized carbons (Fsp3) is 0.0625. The van der Waals surface area contributed by atoms with Gasteiger partial charge in [-0.2, -0.15) is 0 Å². The van der Waals surface area contributed by atoms with Gasteiger partial charge in [0.05, 0.1) is 12.7 Å². The van der Waals surface area contributed by atoms with Crippen LogP contribution in [0.3, 0.4) is 0 Å². The average Bonchev–Trinajstić information content (AvgIpc) is 2.90. The van der Waals surface area contributed by atoms with Crippen LogP contribution in [0.1, 0.15) is 0 Å². The highest BCUT2D eigenvalue weighted by atomic mass is 19.1. The monoisotopic (exact) mass is 284 g/mol. The van der Waals surface area contributed by atoms with E-state index in [1.807, 2.05) is 30.3 Å². The van der Waals surface area contributed by atoms with Gasteiger partial charge in [0.1, 0.15) is 0 Å². The largest absolute Gasteiger partial charge is 0.494 e. The molecule has 1 heterocycles. The van der Waals surface area contributed by atoms with Crippen LogP contribution in [0.15, 0.2) is 53.1 Å². The zero-order valence-electron chi connectivity index (χ0n) is 11.3. The number of nitrogens with two attached hydrogens (primary N) is 1. The van der Waals surface area contributed by atoms with Crippen molar-refractivity contribution in [2.75, 3.05) is 12.8 Å². The Morgan fingerprint density at radius 1 is 1.10 bits per heavy atom. The van der Waals surface area contributed by atoms with E-state index in [-0.39, 0.29) is 11.6 Å². The lowest BCUT2D eigenvalue weighted by atomic mass is 10.0. The number of hydrogen-bond acceptors (Lipinski definition) is 4. The number of ether oxygens (including phenoxy) is 1. The molecule has 5 heteroatoms. The molecular weight excluding hydrogens is 271 g/mol. The molecule has 0 bridgehead atoms. The third-order valence-corrected chi connectivity index (χ3v) is 3.19. The minimum atomic E-state index is -0.469. The van der Waals surface area contributed by atoms with Crippen LogP contribution in [0.4, 0.5) is 10.2 Å². The predicted octanol–water partition coefficient (Wildman–Crippen LogP) is 3.74. The second kappa shape index (κ2) is 5.28. The van der Waals surface area contributed by atoms with Gasteiger partial charge in [0.2, 0.25) is 0 Å². The SMILES string of the molecule is COc1ccc(-c2onc(N)c2-c2ccccc2)cc1F. The lowest BCUT2D eigenvalue weighted by Gasteiger charge is -2.05. The van der Waals surface area contributed by atoms with Crippen molar-refractivity contribution in [3.8, 4) is 28.2 Å². The number of anilines is 1. The molecule has 0 unspecified atom stereocenters. The molecule has 106 valence electrons. The van der Waals surface area contributed by atoms with Crippen molar-refractivity contribution < 1.29 is 13.7 Å². The summed E-state index contributed by atoms with van der Waals surface area (Å²) in [7, 11) is 1.42. The normalized spacial score (nSPS) is 10.6. The Hall–Kier alpha value is -2.82. The van der Waals surface area contributed by atoms with E-state index in [9.17, 15) is 4.39 Å². The van der Waals surface area contributed by atoms with Gasteiger partial charge in [-0.3, -0.25) is 0 Å². The Morgan fingerprint density at radius 2 is 1.86 bits per heavy atom. The van der Waals surface area contributed by atoms with Gasteiger partial charge < -0.3 is 15.0 Å². The molecule has 2 aromatic carbocycles. The molecule has 1 aromatic heterocycles. The number of benzene rings is 2. The third-order valence-electron chi connectivity index (χ3n) is 3.19. The first kappa shape index (κ1) is 13.2. The second-order valence-corrected chi connectivity index (χ2v) is 4.49. The minimum absolute atomic E-state index is 0.174. The van der Waals surface area contributed by atoms with Crippen LogP contribution in [-0.2, 0) is 0 Å². The smallest absolute Gasteiger partial charge is 0.177 e. The van der Waals surface area contributed by atoms with Gasteiger partial charge in [0.15, 0.2) is 23.1 Å². The summed E-state index contributed by atoms with van der Waals surface area (Å²) in [6.07, 6.45) is 0. The molecule has 0 saturated carbocycles. The molecule has 0 saturated heterocycles. The molecule has 0 fully saturated rings. The summed E-state index contributed by atoms with van der Waals surface area (Å²) < 4.78 is 24.1. The van der Waals surface area contributed by atoms with Gasteiger partial charge in [0.25, 0.3) is 0 Å². The van der Waals surface area contributed by atoms with Crippen molar-refractivity contribution >= 4 is 5.82 Å². The van der Waals surface area contributed by atoms with Gasteiger partial charge in [-0.1, -0.05) is 35.5 Å². The zero-order valence-corrected chi connectivity index (χ0v) is 11.3. The van der Waals surface area contributed by atoms with E-state index >= 15 is 0 Å². The van der Waals surface area contributed by atoms with Gasteiger partial charge in [0, 0.05) is 5.56 Å². The first-order chi connectivity index (χ1) is 10.2. The highest BCUT2D eigenvalue weighted by Crippen LogP contribution is 2.37. The van der Waals surface area contributed by atoms with Gasteiger partial charge in [-0.05, 0) is 23.8 Å². The molecule has 2 N–H and O–H groups in total. The molecule has 3 aromatic rings. The Balaban J connectivity index is 2.14. The number of methoxy groups -OCH3 is 1. The molecule has 0 aliphatic rings. The second-order valence-electron chi connectivity index (χ2n) is 4.49. The van der Waals surface area contributed by atoms with E-state index in [2.05, 4.69) is 5.16 Å². The predicted molar refractivity (Wildman–Crippen MR) is 78.3 cm³/mol. The lowest BCUT2D eigenvalue weighted by Crippen LogP contribution is -1.90. The van der Waals surface area contributed by atoms with Crippen molar-refractivity contribution in [2.24, 2.45) is 0 Å². The Morgan fingerprint density at radius 3 is 2.52 bits per heavy atom. The van der Waals surface area contributed by atoms with E-state index in [1.165, 1.54) is 19.2 Å². The molecule has 3 rings (SSSR count). The number of nitrogens with zero attached hydrogens (tertiary/aromatic N) is 1. The quantitative estimate of drug-likeness (QED) is 0.796. The summed E-state index contributed by atoms with van der Waals surface area (Å²) in [6, 6.07) is 14.1. The van der Waals surface area contributed by atoms with Crippen LogP contribution in [0, 0.1) is 5.82 Å². The van der Waals surface area contributed by atoms with Crippen LogP contribution in [0.2, 0.25) is 0 Å². The number of halogens is 1. The summed E-state index contributed by atoms with van der Waals surface area (Å²) in [4.78, 5) is 0. The van der Waals surface area contributed by atoms with Gasteiger partial charge >= 0.3 is 0 Å². The average molecular weight is 284 g/mol. The van der Waals surface area contributed by atoms with E-state index in [0.29, 0.717) is 16.9 Å². The maximum atomic E-state index is 13.9. The van der Waals surface area contributed by atoms with E-state index < -0.39 is 5.82 Å². The number of rotatable bonds is 3. The summed E-state index contributed by atoms with van der Waals surface area (Å²) in [6.45, 7) is 0. The van der Waals surface area contributed by atoms with Crippen molar-refractivity contribution in [2.45, 2.75) is 0 Å². The standard InChI is InChI=1S/C16H13FN2O2/c1-20-13-8-7-11(9-12(13)17)15-14(16(18)19-21-15)10-5-3-2-4-6-10/h2-9H,1H3,(H2,18,19). The molecule has 4 nitrogen and oxygen atoms in total. The molecule has 0 aliphatic heterocycles. The highest BCUT2D eigenvalue weighted by Gasteiger charge is 2.18. The lowest BCUT2D eigenvalue weighted by molar-refractivity contribution is 0.386. The molecule has 0 amide bonds. The highest BCUT2D eigenvalue weighted by molar-refractivity contribution is 5.86. The first-order valence-electron chi connectivity index (χ1n) is 6.35. The van der Waals surface area contributed by atoms with E-state index in [4.69, 9.17) is 15.0 Å². The molecule has 0 aliphatic carbocycles. The van der Waals surface area contributed by atoms with Gasteiger partial charge in [-0.15, -0.1) is 0 Å². The number of hydrogen-bond donors (Lipinski definition) is 1. The van der Waals surface area contributed by atoms with Crippen LogP contribution in [0.5, 0.6) is 5.75 Å². The van der Waals surface area contributed by atoms with E-state index in [1.54, 1.807) is 6.07 Å². The first-order valence-corrected chi connectivity index (χ1v) is 6.35. The van der Waals surface area contributed by atoms with Crippen molar-refractivity contribution in [1.82, 2.24) is 5.16 Å². The van der Waals surface area contributed by atoms with E-state index in [0.717, 1.165) is 5.56 Å². The third kappa shape index (κ3) is 2.33. The number of aromatic nitrogens is 1. The van der Waals surface area contributed by atoms with Crippen LogP contribution < -0.4 is 10.5 Å². The van der Waals surface area contributed by atoms with Crippen LogP contribution in [-0.4, -0.2) is 12.3 Å². The Bertz CT molecular complexity index is 769. The minimum Gasteiger partial charge on any atom is -0.494 e. The summed E-state index contributed by atoms with van der Waals surface area (Å²) in [5.41, 5.74) is 7.95. The molecule has 0 atom stereocenters. The molecule has 0 radical (unpaired) electrons. The van der Waals surface area contributed by atoms with Crippen LogP contribution in [0.25, 0.3) is 22.5 Å². The molecule has 0 spiro atoms. The maximum absolute atomic E-state index is 13.9. The fourth-order valence-corrected chi connectivity index (χ4v) is 2.19. The summed E-state index contributed by atoms with van der Waals surface area (Å²) >= 11 is 0.